The molecule has 1 fully saturated rings. The van der Waals surface area contributed by atoms with E-state index in [1.165, 1.54) is 16.7 Å². The third-order valence-corrected chi connectivity index (χ3v) is 4.83. The van der Waals surface area contributed by atoms with Gasteiger partial charge in [0, 0.05) is 38.0 Å². The number of ether oxygens (including phenoxy) is 1. The predicted octanol–water partition coefficient (Wildman–Crippen LogP) is 2.55. The van der Waals surface area contributed by atoms with Gasteiger partial charge in [0.05, 0.1) is 6.61 Å². The summed E-state index contributed by atoms with van der Waals surface area (Å²) in [6.07, 6.45) is 1.04. The summed E-state index contributed by atoms with van der Waals surface area (Å²) in [6, 6.07) is 17.5. The van der Waals surface area contributed by atoms with Crippen molar-refractivity contribution in [1.82, 2.24) is 4.90 Å². The van der Waals surface area contributed by atoms with Crippen LogP contribution in [0.3, 0.4) is 0 Å². The smallest absolute Gasteiger partial charge is 0.122 e. The molecule has 4 rings (SSSR count). The monoisotopic (exact) mass is 294 g/mol. The van der Waals surface area contributed by atoms with Crippen LogP contribution in [0.25, 0.3) is 0 Å². The minimum atomic E-state index is 0.222. The first-order valence-electron chi connectivity index (χ1n) is 8.07. The second-order valence-corrected chi connectivity index (χ2v) is 6.42. The van der Waals surface area contributed by atoms with Crippen LogP contribution in [0.5, 0.6) is 5.75 Å². The summed E-state index contributed by atoms with van der Waals surface area (Å²) in [5.41, 5.74) is 10.5. The summed E-state index contributed by atoms with van der Waals surface area (Å²) < 4.78 is 5.58. The first kappa shape index (κ1) is 13.8. The number of benzene rings is 2. The van der Waals surface area contributed by atoms with E-state index < -0.39 is 0 Å². The summed E-state index contributed by atoms with van der Waals surface area (Å²) in [6.45, 7) is 3.81. The number of likely N-dealkylation sites (tertiary alicyclic amines) is 1. The topological polar surface area (TPSA) is 38.5 Å². The summed E-state index contributed by atoms with van der Waals surface area (Å²) >= 11 is 0. The predicted molar refractivity (Wildman–Crippen MR) is 88.1 cm³/mol. The van der Waals surface area contributed by atoms with E-state index in [0.29, 0.717) is 5.92 Å². The maximum Gasteiger partial charge on any atom is 0.122 e. The molecule has 0 aromatic heterocycles. The Balaban J connectivity index is 1.46. The zero-order valence-corrected chi connectivity index (χ0v) is 12.7. The van der Waals surface area contributed by atoms with E-state index >= 15 is 0 Å². The average molecular weight is 294 g/mol. The molecule has 2 aliphatic heterocycles. The third-order valence-electron chi connectivity index (χ3n) is 4.83. The maximum atomic E-state index is 6.38. The van der Waals surface area contributed by atoms with E-state index in [4.69, 9.17) is 10.5 Å². The molecule has 2 aromatic rings. The Morgan fingerprint density at radius 2 is 1.95 bits per heavy atom. The average Bonchev–Trinajstić information content (AvgIpc) is 3.14. The lowest BCUT2D eigenvalue weighted by molar-refractivity contribution is 0.323. The highest BCUT2D eigenvalue weighted by molar-refractivity contribution is 5.39. The minimum Gasteiger partial charge on any atom is -0.493 e. The molecule has 22 heavy (non-hydrogen) atoms. The summed E-state index contributed by atoms with van der Waals surface area (Å²) in [5, 5.41) is 0. The van der Waals surface area contributed by atoms with Gasteiger partial charge in [-0.1, -0.05) is 42.5 Å². The van der Waals surface area contributed by atoms with Gasteiger partial charge in [-0.2, -0.15) is 0 Å². The highest BCUT2D eigenvalue weighted by atomic mass is 16.5. The van der Waals surface area contributed by atoms with Crippen molar-refractivity contribution in [2.24, 2.45) is 5.73 Å². The standard InChI is InChI=1S/C19H22N2O/c20-18-13-21(12-17(18)15-4-2-1-3-5-15)11-14-6-7-19-16(10-14)8-9-22-19/h1-7,10,17-18H,8-9,11-13,20H2/t17-,18+/m0/s1. The van der Waals surface area contributed by atoms with Gasteiger partial charge in [-0.15, -0.1) is 0 Å². The van der Waals surface area contributed by atoms with E-state index in [1.54, 1.807) is 0 Å². The Kier molecular flexibility index (Phi) is 3.60. The minimum absolute atomic E-state index is 0.222. The molecule has 2 aromatic carbocycles. The first-order chi connectivity index (χ1) is 10.8. The largest absolute Gasteiger partial charge is 0.493 e. The van der Waals surface area contributed by atoms with Crippen molar-refractivity contribution >= 4 is 0 Å². The second kappa shape index (κ2) is 5.75. The van der Waals surface area contributed by atoms with Crippen LogP contribution in [0.4, 0.5) is 0 Å². The fraction of sp³-hybridized carbons (Fsp3) is 0.368. The molecule has 0 radical (unpaired) electrons. The lowest BCUT2D eigenvalue weighted by Gasteiger charge is -2.16. The Labute approximate surface area is 131 Å². The van der Waals surface area contributed by atoms with Crippen LogP contribution in [0, 0.1) is 0 Å². The van der Waals surface area contributed by atoms with Gasteiger partial charge in [0.15, 0.2) is 0 Å². The Morgan fingerprint density at radius 1 is 1.09 bits per heavy atom. The molecule has 3 nitrogen and oxygen atoms in total. The van der Waals surface area contributed by atoms with Crippen LogP contribution in [-0.4, -0.2) is 30.6 Å². The molecule has 0 aliphatic carbocycles. The van der Waals surface area contributed by atoms with Gasteiger partial charge in [-0.3, -0.25) is 4.90 Å². The summed E-state index contributed by atoms with van der Waals surface area (Å²) in [7, 11) is 0. The second-order valence-electron chi connectivity index (χ2n) is 6.42. The number of rotatable bonds is 3. The molecule has 0 unspecified atom stereocenters. The zero-order chi connectivity index (χ0) is 14.9. The van der Waals surface area contributed by atoms with Crippen molar-refractivity contribution in [2.45, 2.75) is 24.9 Å². The van der Waals surface area contributed by atoms with Crippen LogP contribution in [0.2, 0.25) is 0 Å². The number of fused-ring (bicyclic) bond motifs is 1. The van der Waals surface area contributed by atoms with E-state index in [1.807, 2.05) is 0 Å². The molecule has 0 spiro atoms. The van der Waals surface area contributed by atoms with Crippen molar-refractivity contribution in [2.75, 3.05) is 19.7 Å². The molecular formula is C19H22N2O. The van der Waals surface area contributed by atoms with Gasteiger partial charge in [0.25, 0.3) is 0 Å². The Morgan fingerprint density at radius 3 is 2.82 bits per heavy atom. The third kappa shape index (κ3) is 2.62. The molecule has 2 atom stereocenters. The highest BCUT2D eigenvalue weighted by Crippen LogP contribution is 2.29. The molecule has 0 amide bonds. The summed E-state index contributed by atoms with van der Waals surface area (Å²) in [5.74, 6) is 1.50. The normalized spacial score (nSPS) is 24.2. The number of nitrogens with zero attached hydrogens (tertiary/aromatic N) is 1. The number of nitrogens with two attached hydrogens (primary N) is 1. The van der Waals surface area contributed by atoms with E-state index in [2.05, 4.69) is 53.4 Å². The van der Waals surface area contributed by atoms with Gasteiger partial charge in [-0.25, -0.2) is 0 Å². The van der Waals surface area contributed by atoms with Crippen LogP contribution >= 0.6 is 0 Å². The van der Waals surface area contributed by atoms with E-state index in [9.17, 15) is 0 Å². The lowest BCUT2D eigenvalue weighted by atomic mass is 9.95. The van der Waals surface area contributed by atoms with Crippen molar-refractivity contribution in [3.05, 3.63) is 65.2 Å². The fourth-order valence-electron chi connectivity index (χ4n) is 3.69. The Hall–Kier alpha value is -1.84. The van der Waals surface area contributed by atoms with Crippen molar-refractivity contribution in [3.8, 4) is 5.75 Å². The maximum absolute atomic E-state index is 6.38. The van der Waals surface area contributed by atoms with Crippen molar-refractivity contribution in [3.63, 3.8) is 0 Å². The van der Waals surface area contributed by atoms with Crippen LogP contribution in [0.1, 0.15) is 22.6 Å². The van der Waals surface area contributed by atoms with Gasteiger partial charge in [-0.05, 0) is 22.8 Å². The molecule has 2 aliphatic rings. The molecule has 3 heteroatoms. The molecule has 0 saturated carbocycles. The van der Waals surface area contributed by atoms with E-state index in [0.717, 1.165) is 38.4 Å². The van der Waals surface area contributed by atoms with Gasteiger partial charge >= 0.3 is 0 Å². The van der Waals surface area contributed by atoms with E-state index in [-0.39, 0.29) is 6.04 Å². The number of hydrogen-bond donors (Lipinski definition) is 1. The van der Waals surface area contributed by atoms with Crippen molar-refractivity contribution < 1.29 is 4.74 Å². The SMILES string of the molecule is N[C@@H]1CN(Cc2ccc3c(c2)CCO3)C[C@H]1c1ccccc1. The number of hydrogen-bond acceptors (Lipinski definition) is 3. The fourth-order valence-corrected chi connectivity index (χ4v) is 3.69. The quantitative estimate of drug-likeness (QED) is 0.945. The van der Waals surface area contributed by atoms with Crippen LogP contribution in [-0.2, 0) is 13.0 Å². The molecule has 1 saturated heterocycles. The molecular weight excluding hydrogens is 272 g/mol. The van der Waals surface area contributed by atoms with Gasteiger partial charge in [0.2, 0.25) is 0 Å². The Bertz CT molecular complexity index is 656. The molecule has 2 N–H and O–H groups in total. The first-order valence-corrected chi connectivity index (χ1v) is 8.07. The zero-order valence-electron chi connectivity index (χ0n) is 12.7. The van der Waals surface area contributed by atoms with Gasteiger partial charge < -0.3 is 10.5 Å². The molecule has 0 bridgehead atoms. The van der Waals surface area contributed by atoms with Crippen LogP contribution < -0.4 is 10.5 Å². The molecule has 114 valence electrons. The van der Waals surface area contributed by atoms with Crippen LogP contribution in [0.15, 0.2) is 48.5 Å². The highest BCUT2D eigenvalue weighted by Gasteiger charge is 2.31. The molecule has 2 heterocycles. The summed E-state index contributed by atoms with van der Waals surface area (Å²) in [4.78, 5) is 2.47. The van der Waals surface area contributed by atoms with Gasteiger partial charge in [0.1, 0.15) is 5.75 Å². The van der Waals surface area contributed by atoms with Crippen molar-refractivity contribution in [1.29, 1.82) is 0 Å². The lowest BCUT2D eigenvalue weighted by Crippen LogP contribution is -2.28.